The predicted octanol–water partition coefficient (Wildman–Crippen LogP) is 7.04. The maximum absolute atomic E-state index is 11.1. The molecule has 1 amide bonds. The predicted molar refractivity (Wildman–Crippen MR) is 116 cm³/mol. The molecule has 2 rings (SSSR count). The molecular formula is C23H39NO2Y. The molecule has 0 unspecified atom stereocenters. The van der Waals surface area contributed by atoms with Crippen LogP contribution in [0.15, 0.2) is 60.7 Å². The van der Waals surface area contributed by atoms with Gasteiger partial charge in [-0.3, -0.25) is 0 Å². The first-order chi connectivity index (χ1) is 11.0. The summed E-state index contributed by atoms with van der Waals surface area (Å²) in [6, 6.07) is 20.2. The summed E-state index contributed by atoms with van der Waals surface area (Å²) in [6.07, 6.45) is -0.371. The average Bonchev–Trinajstić information content (AvgIpc) is 2.55. The van der Waals surface area contributed by atoms with Gasteiger partial charge in [0.15, 0.2) is 0 Å². The van der Waals surface area contributed by atoms with Crippen LogP contribution < -0.4 is 5.32 Å². The Labute approximate surface area is 193 Å². The summed E-state index contributed by atoms with van der Waals surface area (Å²) in [5, 5.41) is 2.65. The van der Waals surface area contributed by atoms with Crippen LogP contribution in [0.2, 0.25) is 0 Å². The van der Waals surface area contributed by atoms with Crippen molar-refractivity contribution in [2.24, 2.45) is 0 Å². The molecule has 4 heteroatoms. The van der Waals surface area contributed by atoms with Gasteiger partial charge < -0.3 is 10.1 Å². The number of rotatable bonds is 4. The molecule has 1 radical (unpaired) electrons. The van der Waals surface area contributed by atoms with Crippen LogP contribution in [-0.2, 0) is 44.1 Å². The van der Waals surface area contributed by atoms with Gasteiger partial charge in [0, 0.05) is 38.8 Å². The van der Waals surface area contributed by atoms with E-state index in [0.717, 1.165) is 5.56 Å². The normalized spacial score (nSPS) is 8.52. The zero-order valence-corrected chi connectivity index (χ0v) is 17.9. The second kappa shape index (κ2) is 19.6. The average molecular weight is 450 g/mol. The van der Waals surface area contributed by atoms with E-state index < -0.39 is 0 Å². The van der Waals surface area contributed by atoms with Gasteiger partial charge in [-0.15, -0.1) is 0 Å². The number of amides is 1. The third-order valence-corrected chi connectivity index (χ3v) is 3.09. The van der Waals surface area contributed by atoms with Crippen LogP contribution in [0, 0.1) is 0 Å². The van der Waals surface area contributed by atoms with Crippen LogP contribution in [-0.4, -0.2) is 12.1 Å². The molecule has 2 aromatic rings. The Hall–Kier alpha value is -1.19. The SMILES string of the molecule is C.C.C.CC(C)NC(=O)OCc1ccccc1.CC(C)c1ccccc1.[Y]. The Kier molecular flexibility index (Phi) is 24.2. The fourth-order valence-corrected chi connectivity index (χ4v) is 1.84. The van der Waals surface area contributed by atoms with Crippen molar-refractivity contribution in [2.75, 3.05) is 0 Å². The third kappa shape index (κ3) is 16.7. The van der Waals surface area contributed by atoms with Crippen LogP contribution in [0.4, 0.5) is 4.79 Å². The Morgan fingerprint density at radius 1 is 0.852 bits per heavy atom. The van der Waals surface area contributed by atoms with Gasteiger partial charge in [-0.25, -0.2) is 4.79 Å². The molecule has 0 saturated heterocycles. The van der Waals surface area contributed by atoms with Gasteiger partial charge in [0.05, 0.1) is 0 Å². The number of ether oxygens (including phenoxy) is 1. The van der Waals surface area contributed by atoms with E-state index in [0.29, 0.717) is 12.5 Å². The number of alkyl carbamates (subject to hydrolysis) is 1. The van der Waals surface area contributed by atoms with E-state index in [9.17, 15) is 4.79 Å². The minimum atomic E-state index is -0.371. The molecule has 2 aromatic carbocycles. The van der Waals surface area contributed by atoms with Gasteiger partial charge >= 0.3 is 6.09 Å². The van der Waals surface area contributed by atoms with Gasteiger partial charge in [-0.05, 0) is 30.9 Å². The Balaban J connectivity index is -0.000000181. The molecule has 1 N–H and O–H groups in total. The van der Waals surface area contributed by atoms with E-state index in [4.69, 9.17) is 4.74 Å². The standard InChI is InChI=1S/C11H15NO2.C9H12.3CH4.Y/c1-9(2)12-11(13)14-8-10-6-4-3-5-7-10;1-8(2)9-6-4-3-5-7-9;;;;/h3-7,9H,8H2,1-2H3,(H,12,13);3-8H,1-2H3;3*1H4;. The largest absolute Gasteiger partial charge is 0.445 e. The number of nitrogens with one attached hydrogen (secondary N) is 1. The second-order valence-electron chi connectivity index (χ2n) is 5.93. The zero-order chi connectivity index (χ0) is 17.1. The molecule has 151 valence electrons. The molecule has 3 nitrogen and oxygen atoms in total. The van der Waals surface area contributed by atoms with Gasteiger partial charge in [-0.1, -0.05) is 96.8 Å². The number of hydrogen-bond donors (Lipinski definition) is 1. The van der Waals surface area contributed by atoms with E-state index in [1.807, 2.05) is 50.2 Å². The first-order valence-electron chi connectivity index (χ1n) is 8.01. The van der Waals surface area contributed by atoms with Crippen molar-refractivity contribution in [1.29, 1.82) is 0 Å². The molecule has 0 heterocycles. The Morgan fingerprint density at radius 3 is 1.67 bits per heavy atom. The zero-order valence-electron chi connectivity index (χ0n) is 15.0. The molecule has 0 spiro atoms. The first-order valence-corrected chi connectivity index (χ1v) is 8.01. The summed E-state index contributed by atoms with van der Waals surface area (Å²) in [4.78, 5) is 11.1. The van der Waals surface area contributed by atoms with Crippen molar-refractivity contribution in [3.8, 4) is 0 Å². The summed E-state index contributed by atoms with van der Waals surface area (Å²) in [5.74, 6) is 0.659. The maximum Gasteiger partial charge on any atom is 0.407 e. The van der Waals surface area contributed by atoms with E-state index in [1.54, 1.807) is 0 Å². The summed E-state index contributed by atoms with van der Waals surface area (Å²) < 4.78 is 4.99. The molecule has 0 aromatic heterocycles. The van der Waals surface area contributed by atoms with Crippen LogP contribution in [0.25, 0.3) is 0 Å². The van der Waals surface area contributed by atoms with Crippen LogP contribution in [0.1, 0.15) is 67.0 Å². The minimum Gasteiger partial charge on any atom is -0.445 e. The van der Waals surface area contributed by atoms with Gasteiger partial charge in [0.2, 0.25) is 0 Å². The van der Waals surface area contributed by atoms with Crippen molar-refractivity contribution < 1.29 is 42.2 Å². The molecule has 27 heavy (non-hydrogen) atoms. The van der Waals surface area contributed by atoms with Crippen molar-refractivity contribution in [1.82, 2.24) is 5.32 Å². The molecule has 0 aliphatic heterocycles. The topological polar surface area (TPSA) is 38.3 Å². The van der Waals surface area contributed by atoms with E-state index in [1.165, 1.54) is 5.56 Å². The minimum absolute atomic E-state index is 0. The summed E-state index contributed by atoms with van der Waals surface area (Å²) in [6.45, 7) is 8.51. The van der Waals surface area contributed by atoms with Crippen molar-refractivity contribution in [3.05, 3.63) is 71.8 Å². The first kappa shape index (κ1) is 33.4. The van der Waals surface area contributed by atoms with Gasteiger partial charge in [0.1, 0.15) is 6.61 Å². The monoisotopic (exact) mass is 450 g/mol. The van der Waals surface area contributed by atoms with E-state index in [2.05, 4.69) is 43.4 Å². The van der Waals surface area contributed by atoms with Gasteiger partial charge in [0.25, 0.3) is 0 Å². The molecule has 0 aliphatic carbocycles. The van der Waals surface area contributed by atoms with Crippen molar-refractivity contribution in [2.45, 2.75) is 68.5 Å². The Bertz CT molecular complexity index is 557. The molecule has 0 aliphatic rings. The summed E-state index contributed by atoms with van der Waals surface area (Å²) in [7, 11) is 0. The van der Waals surface area contributed by atoms with E-state index in [-0.39, 0.29) is 67.1 Å². The number of carbonyl (C=O) groups is 1. The van der Waals surface area contributed by atoms with Crippen LogP contribution >= 0.6 is 0 Å². The molecule has 0 fully saturated rings. The number of benzene rings is 2. The molecule has 0 saturated carbocycles. The maximum atomic E-state index is 11.1. The van der Waals surface area contributed by atoms with Crippen LogP contribution in [0.3, 0.4) is 0 Å². The Morgan fingerprint density at radius 2 is 1.30 bits per heavy atom. The van der Waals surface area contributed by atoms with E-state index >= 15 is 0 Å². The fraction of sp³-hybridized carbons (Fsp3) is 0.435. The smallest absolute Gasteiger partial charge is 0.407 e. The molecule has 0 bridgehead atoms. The summed E-state index contributed by atoms with van der Waals surface area (Å²) in [5.41, 5.74) is 2.41. The molecule has 0 atom stereocenters. The van der Waals surface area contributed by atoms with Gasteiger partial charge in [-0.2, -0.15) is 0 Å². The second-order valence-corrected chi connectivity index (χ2v) is 5.93. The fourth-order valence-electron chi connectivity index (χ4n) is 1.84. The number of hydrogen-bond acceptors (Lipinski definition) is 2. The third-order valence-electron chi connectivity index (χ3n) is 3.09. The van der Waals surface area contributed by atoms with Crippen LogP contribution in [0.5, 0.6) is 0 Å². The van der Waals surface area contributed by atoms with Crippen molar-refractivity contribution in [3.63, 3.8) is 0 Å². The molecular weight excluding hydrogens is 411 g/mol. The summed E-state index contributed by atoms with van der Waals surface area (Å²) >= 11 is 0. The van der Waals surface area contributed by atoms with Crippen molar-refractivity contribution >= 4 is 6.09 Å². The quantitative estimate of drug-likeness (QED) is 0.543. The number of carbonyl (C=O) groups excluding carboxylic acids is 1.